The van der Waals surface area contributed by atoms with Crippen LogP contribution in [0.4, 0.5) is 10.3 Å². The third-order valence-corrected chi connectivity index (χ3v) is 3.58. The minimum absolute atomic E-state index is 0.290. The molecule has 0 saturated carbocycles. The summed E-state index contributed by atoms with van der Waals surface area (Å²) in [5, 5.41) is 0. The van der Waals surface area contributed by atoms with Gasteiger partial charge in [0.25, 0.3) is 0 Å². The zero-order valence-electron chi connectivity index (χ0n) is 10.1. The molecule has 2 aromatic heterocycles. The second-order valence-corrected chi connectivity index (χ2v) is 5.06. The van der Waals surface area contributed by atoms with E-state index in [2.05, 4.69) is 25.9 Å². The zero-order chi connectivity index (χ0) is 13.6. The lowest BCUT2D eigenvalue weighted by molar-refractivity contribution is 0.620. The largest absolute Gasteiger partial charge is 0.369 e. The van der Waals surface area contributed by atoms with E-state index in [9.17, 15) is 4.39 Å². The number of aryl methyl sites for hydroxylation is 1. The van der Waals surface area contributed by atoms with Crippen LogP contribution in [0.15, 0.2) is 34.9 Å². The van der Waals surface area contributed by atoms with E-state index in [1.165, 1.54) is 6.07 Å². The van der Waals surface area contributed by atoms with Crippen LogP contribution in [0.25, 0.3) is 16.9 Å². The zero-order valence-corrected chi connectivity index (χ0v) is 11.6. The number of nitrogens with zero attached hydrogens (tertiary/aromatic N) is 3. The fraction of sp³-hybridized carbons (Fsp3) is 0.0769. The Labute approximate surface area is 117 Å². The number of aromatic nitrogens is 3. The van der Waals surface area contributed by atoms with Gasteiger partial charge in [-0.3, -0.25) is 4.57 Å². The summed E-state index contributed by atoms with van der Waals surface area (Å²) in [6.45, 7) is 1.93. The van der Waals surface area contributed by atoms with Crippen LogP contribution in [0.5, 0.6) is 0 Å². The molecule has 0 aliphatic heterocycles. The molecule has 0 aliphatic carbocycles. The summed E-state index contributed by atoms with van der Waals surface area (Å²) in [4.78, 5) is 8.56. The van der Waals surface area contributed by atoms with Crippen LogP contribution in [-0.2, 0) is 0 Å². The highest BCUT2D eigenvalue weighted by Crippen LogP contribution is 2.25. The van der Waals surface area contributed by atoms with Crippen molar-refractivity contribution in [3.05, 3.63) is 46.3 Å². The van der Waals surface area contributed by atoms with Crippen molar-refractivity contribution in [2.75, 3.05) is 5.73 Å². The molecule has 0 saturated heterocycles. The highest BCUT2D eigenvalue weighted by molar-refractivity contribution is 9.10. The first-order valence-electron chi connectivity index (χ1n) is 5.63. The molecule has 4 nitrogen and oxygen atoms in total. The normalized spacial score (nSPS) is 11.1. The lowest BCUT2D eigenvalue weighted by atomic mass is 10.2. The molecule has 0 radical (unpaired) electrons. The van der Waals surface area contributed by atoms with Crippen molar-refractivity contribution in [1.29, 1.82) is 0 Å². The van der Waals surface area contributed by atoms with Crippen molar-refractivity contribution < 1.29 is 4.39 Å². The van der Waals surface area contributed by atoms with E-state index in [0.717, 1.165) is 11.1 Å². The van der Waals surface area contributed by atoms with Crippen molar-refractivity contribution in [1.82, 2.24) is 14.5 Å². The summed E-state index contributed by atoms with van der Waals surface area (Å²) in [5.74, 6) is -0.0649. The summed E-state index contributed by atoms with van der Waals surface area (Å²) in [5.41, 5.74) is 8.85. The van der Waals surface area contributed by atoms with Crippen LogP contribution in [0.2, 0.25) is 0 Å². The number of hydrogen-bond acceptors (Lipinski definition) is 3. The highest BCUT2D eigenvalue weighted by atomic mass is 79.9. The van der Waals surface area contributed by atoms with E-state index >= 15 is 0 Å². The van der Waals surface area contributed by atoms with Gasteiger partial charge in [-0.2, -0.15) is 0 Å². The summed E-state index contributed by atoms with van der Waals surface area (Å²) < 4.78 is 15.7. The first kappa shape index (κ1) is 12.1. The van der Waals surface area contributed by atoms with Gasteiger partial charge in [0.15, 0.2) is 5.65 Å². The summed E-state index contributed by atoms with van der Waals surface area (Å²) in [6, 6.07) is 6.65. The van der Waals surface area contributed by atoms with Crippen LogP contribution in [-0.4, -0.2) is 14.5 Å². The molecule has 2 N–H and O–H groups in total. The Morgan fingerprint density at radius 3 is 2.84 bits per heavy atom. The molecule has 1 aromatic carbocycles. The number of rotatable bonds is 1. The van der Waals surface area contributed by atoms with E-state index in [0.29, 0.717) is 21.8 Å². The van der Waals surface area contributed by atoms with Gasteiger partial charge in [0, 0.05) is 6.20 Å². The minimum Gasteiger partial charge on any atom is -0.369 e. The van der Waals surface area contributed by atoms with Gasteiger partial charge in [0.2, 0.25) is 5.95 Å². The second kappa shape index (κ2) is 4.31. The van der Waals surface area contributed by atoms with Crippen molar-refractivity contribution >= 4 is 33.0 Å². The third-order valence-electron chi connectivity index (χ3n) is 2.94. The van der Waals surface area contributed by atoms with Crippen LogP contribution >= 0.6 is 15.9 Å². The van der Waals surface area contributed by atoms with Gasteiger partial charge >= 0.3 is 0 Å². The predicted octanol–water partition coefficient (Wildman–Crippen LogP) is 3.21. The maximum Gasteiger partial charge on any atom is 0.207 e. The fourth-order valence-corrected chi connectivity index (χ4v) is 2.24. The number of benzene rings is 1. The number of anilines is 1. The van der Waals surface area contributed by atoms with Crippen LogP contribution in [0.3, 0.4) is 0 Å². The van der Waals surface area contributed by atoms with Gasteiger partial charge in [-0.15, -0.1) is 0 Å². The van der Waals surface area contributed by atoms with Gasteiger partial charge in [-0.1, -0.05) is 0 Å². The summed E-state index contributed by atoms with van der Waals surface area (Å²) >= 11 is 3.13. The molecule has 96 valence electrons. The number of halogens is 2. The molecule has 2 heterocycles. The molecule has 0 amide bonds. The van der Waals surface area contributed by atoms with Gasteiger partial charge in [0.05, 0.1) is 10.2 Å². The number of fused-ring (bicyclic) bond motifs is 1. The molecule has 3 aromatic rings. The molecule has 0 unspecified atom stereocenters. The molecular formula is C13H10BrFN4. The maximum atomic E-state index is 13.6. The number of nitrogens with two attached hydrogens (primary N) is 1. The highest BCUT2D eigenvalue weighted by Gasteiger charge is 2.13. The topological polar surface area (TPSA) is 56.7 Å². The van der Waals surface area contributed by atoms with Crippen molar-refractivity contribution in [3.8, 4) is 5.69 Å². The van der Waals surface area contributed by atoms with Crippen LogP contribution in [0.1, 0.15) is 5.56 Å². The van der Waals surface area contributed by atoms with Crippen molar-refractivity contribution in [3.63, 3.8) is 0 Å². The van der Waals surface area contributed by atoms with Crippen LogP contribution < -0.4 is 5.73 Å². The van der Waals surface area contributed by atoms with Gasteiger partial charge in [-0.05, 0) is 52.7 Å². The monoisotopic (exact) mass is 320 g/mol. The Kier molecular flexibility index (Phi) is 2.74. The number of nitrogen functional groups attached to an aromatic ring is 1. The SMILES string of the molecule is Cc1ccnc2c1nc(N)n2-c1ccc(Br)c(F)c1. The molecule has 0 atom stereocenters. The molecule has 0 spiro atoms. The number of hydrogen-bond donors (Lipinski definition) is 1. The molecule has 0 bridgehead atoms. The first-order valence-corrected chi connectivity index (χ1v) is 6.42. The Balaban J connectivity index is 2.33. The lowest BCUT2D eigenvalue weighted by Crippen LogP contribution is -2.01. The first-order chi connectivity index (χ1) is 9.08. The van der Waals surface area contributed by atoms with E-state index in [1.54, 1.807) is 22.9 Å². The van der Waals surface area contributed by atoms with E-state index in [1.807, 2.05) is 13.0 Å². The fourth-order valence-electron chi connectivity index (χ4n) is 1.99. The number of imidazole rings is 1. The van der Waals surface area contributed by atoms with Gasteiger partial charge < -0.3 is 5.73 Å². The van der Waals surface area contributed by atoms with E-state index in [4.69, 9.17) is 5.73 Å². The standard InChI is InChI=1S/C13H10BrFN4/c1-7-4-5-17-12-11(7)18-13(16)19(12)8-2-3-9(14)10(15)6-8/h2-6H,1H3,(H2,16,18). The maximum absolute atomic E-state index is 13.6. The smallest absolute Gasteiger partial charge is 0.207 e. The average molecular weight is 321 g/mol. The Hall–Kier alpha value is -1.95. The van der Waals surface area contributed by atoms with Crippen molar-refractivity contribution in [2.45, 2.75) is 6.92 Å². The van der Waals surface area contributed by atoms with Crippen LogP contribution in [0, 0.1) is 12.7 Å². The Morgan fingerprint density at radius 2 is 2.11 bits per heavy atom. The molecular weight excluding hydrogens is 311 g/mol. The minimum atomic E-state index is -0.355. The summed E-state index contributed by atoms with van der Waals surface area (Å²) in [6.07, 6.45) is 1.69. The predicted molar refractivity (Wildman–Crippen MR) is 75.7 cm³/mol. The van der Waals surface area contributed by atoms with E-state index < -0.39 is 0 Å². The second-order valence-electron chi connectivity index (χ2n) is 4.20. The molecule has 6 heteroatoms. The molecule has 0 aliphatic rings. The summed E-state index contributed by atoms with van der Waals surface area (Å²) in [7, 11) is 0. The van der Waals surface area contributed by atoms with Crippen molar-refractivity contribution in [2.24, 2.45) is 0 Å². The average Bonchev–Trinajstić information content (AvgIpc) is 2.71. The Morgan fingerprint density at radius 1 is 1.32 bits per heavy atom. The molecule has 0 fully saturated rings. The van der Waals surface area contributed by atoms with Gasteiger partial charge in [0.1, 0.15) is 11.3 Å². The molecule has 3 rings (SSSR count). The quantitative estimate of drug-likeness (QED) is 0.749. The van der Waals surface area contributed by atoms with E-state index in [-0.39, 0.29) is 5.82 Å². The lowest BCUT2D eigenvalue weighted by Gasteiger charge is -2.06. The Bertz CT molecular complexity index is 782. The third kappa shape index (κ3) is 1.88. The molecule has 19 heavy (non-hydrogen) atoms. The number of pyridine rings is 1. The van der Waals surface area contributed by atoms with Gasteiger partial charge in [-0.25, -0.2) is 14.4 Å².